The van der Waals surface area contributed by atoms with E-state index in [0.29, 0.717) is 38.9 Å². The lowest BCUT2D eigenvalue weighted by molar-refractivity contribution is 0.0970. The van der Waals surface area contributed by atoms with E-state index in [1.165, 1.54) is 18.2 Å². The maximum atomic E-state index is 13.7. The molecule has 33 heavy (non-hydrogen) atoms. The van der Waals surface area contributed by atoms with Gasteiger partial charge in [-0.1, -0.05) is 29.3 Å². The molecule has 4 aromatic rings. The largest absolute Gasteiger partial charge is 0.493 e. The highest BCUT2D eigenvalue weighted by molar-refractivity contribution is 6.30. The summed E-state index contributed by atoms with van der Waals surface area (Å²) in [6.45, 7) is 1.90. The second-order valence-corrected chi connectivity index (χ2v) is 8.14. The van der Waals surface area contributed by atoms with Crippen LogP contribution in [0, 0.1) is 6.92 Å². The number of benzene rings is 2. The van der Waals surface area contributed by atoms with Crippen LogP contribution in [0.3, 0.4) is 0 Å². The monoisotopic (exact) mass is 462 g/mol. The third-order valence-corrected chi connectivity index (χ3v) is 5.93. The van der Waals surface area contributed by atoms with Gasteiger partial charge in [-0.05, 0) is 48.9 Å². The predicted molar refractivity (Wildman–Crippen MR) is 125 cm³/mol. The van der Waals surface area contributed by atoms with Gasteiger partial charge in [0.1, 0.15) is 11.4 Å². The molecule has 1 aliphatic heterocycles. The summed E-state index contributed by atoms with van der Waals surface area (Å²) in [4.78, 5) is 33.0. The van der Waals surface area contributed by atoms with Gasteiger partial charge in [0, 0.05) is 6.20 Å². The van der Waals surface area contributed by atoms with E-state index in [-0.39, 0.29) is 16.8 Å². The number of aryl methyl sites for hydroxylation is 1. The summed E-state index contributed by atoms with van der Waals surface area (Å²) in [6.07, 6.45) is 1.45. The van der Waals surface area contributed by atoms with Gasteiger partial charge in [0.2, 0.25) is 5.76 Å². The van der Waals surface area contributed by atoms with E-state index in [2.05, 4.69) is 4.98 Å². The van der Waals surface area contributed by atoms with Crippen molar-refractivity contribution in [2.45, 2.75) is 13.0 Å². The lowest BCUT2D eigenvalue weighted by Crippen LogP contribution is -2.30. The average molecular weight is 463 g/mol. The third-order valence-electron chi connectivity index (χ3n) is 5.71. The summed E-state index contributed by atoms with van der Waals surface area (Å²) in [7, 11) is 3.07. The number of rotatable bonds is 4. The van der Waals surface area contributed by atoms with Crippen molar-refractivity contribution in [1.29, 1.82) is 0 Å². The maximum absolute atomic E-state index is 13.7. The Balaban J connectivity index is 1.81. The fourth-order valence-electron chi connectivity index (χ4n) is 4.17. The van der Waals surface area contributed by atoms with Gasteiger partial charge in [-0.2, -0.15) is 0 Å². The van der Waals surface area contributed by atoms with E-state index in [1.54, 1.807) is 49.6 Å². The molecule has 0 N–H and O–H groups in total. The first kappa shape index (κ1) is 21.0. The summed E-state index contributed by atoms with van der Waals surface area (Å²) in [5, 5.41) is 0.846. The van der Waals surface area contributed by atoms with Gasteiger partial charge in [0.25, 0.3) is 5.91 Å². The molecule has 1 amide bonds. The minimum absolute atomic E-state index is 0.00659. The Kier molecular flexibility index (Phi) is 5.06. The lowest BCUT2D eigenvalue weighted by Gasteiger charge is -2.24. The molecule has 2 aromatic heterocycles. The number of aromatic nitrogens is 1. The van der Waals surface area contributed by atoms with Crippen molar-refractivity contribution >= 4 is 34.3 Å². The molecule has 0 spiro atoms. The lowest BCUT2D eigenvalue weighted by atomic mass is 9.97. The maximum Gasteiger partial charge on any atom is 0.296 e. The van der Waals surface area contributed by atoms with Crippen LogP contribution in [0.5, 0.6) is 11.5 Å². The minimum Gasteiger partial charge on any atom is -0.493 e. The summed E-state index contributed by atoms with van der Waals surface area (Å²) < 4.78 is 16.8. The minimum atomic E-state index is -0.776. The van der Waals surface area contributed by atoms with Gasteiger partial charge in [-0.3, -0.25) is 14.5 Å². The Bertz CT molecular complexity index is 1460. The molecule has 0 saturated carbocycles. The smallest absolute Gasteiger partial charge is 0.296 e. The second-order valence-electron chi connectivity index (χ2n) is 7.70. The van der Waals surface area contributed by atoms with Crippen LogP contribution < -0.4 is 19.8 Å². The molecule has 7 nitrogen and oxygen atoms in total. The summed E-state index contributed by atoms with van der Waals surface area (Å²) >= 11 is 6.02. The molecule has 166 valence electrons. The van der Waals surface area contributed by atoms with Crippen molar-refractivity contribution < 1.29 is 18.7 Å². The number of methoxy groups -OCH3 is 2. The molecule has 0 saturated heterocycles. The van der Waals surface area contributed by atoms with Gasteiger partial charge in [0.05, 0.1) is 36.2 Å². The van der Waals surface area contributed by atoms with Crippen LogP contribution in [-0.4, -0.2) is 25.1 Å². The van der Waals surface area contributed by atoms with Crippen molar-refractivity contribution in [3.63, 3.8) is 0 Å². The number of carbonyl (C=O) groups is 1. The third kappa shape index (κ3) is 3.32. The van der Waals surface area contributed by atoms with E-state index in [1.807, 2.05) is 13.0 Å². The van der Waals surface area contributed by atoms with Crippen LogP contribution in [0.1, 0.15) is 33.3 Å². The first-order valence-electron chi connectivity index (χ1n) is 10.2. The molecular formula is C25H19ClN2O5. The Morgan fingerprint density at radius 3 is 2.48 bits per heavy atom. The van der Waals surface area contributed by atoms with Crippen LogP contribution in [-0.2, 0) is 0 Å². The van der Waals surface area contributed by atoms with E-state index in [9.17, 15) is 9.59 Å². The highest BCUT2D eigenvalue weighted by atomic mass is 35.5. The topological polar surface area (TPSA) is 81.9 Å². The molecule has 1 aliphatic rings. The van der Waals surface area contributed by atoms with Crippen molar-refractivity contribution in [1.82, 2.24) is 4.98 Å². The Morgan fingerprint density at radius 2 is 1.79 bits per heavy atom. The van der Waals surface area contributed by atoms with Gasteiger partial charge >= 0.3 is 0 Å². The van der Waals surface area contributed by atoms with Crippen LogP contribution in [0.15, 0.2) is 63.9 Å². The number of halogens is 1. The van der Waals surface area contributed by atoms with Crippen LogP contribution in [0.2, 0.25) is 5.02 Å². The summed E-state index contributed by atoms with van der Waals surface area (Å²) in [5.41, 5.74) is 1.91. The molecule has 8 heteroatoms. The standard InChI is InChI=1S/C25H19ClN2O5/c1-13-4-7-17-16(10-13)23(29)21-22(14-5-8-18(31-2)19(11-14)32-3)28(25(30)24(21)33-17)20-9-6-15(26)12-27-20/h4-12,22H,1-3H3. The highest BCUT2D eigenvalue weighted by Gasteiger charge is 2.44. The van der Waals surface area contributed by atoms with Gasteiger partial charge in [-0.25, -0.2) is 4.98 Å². The van der Waals surface area contributed by atoms with Gasteiger partial charge in [0.15, 0.2) is 16.9 Å². The summed E-state index contributed by atoms with van der Waals surface area (Å²) in [5.74, 6) is 0.881. The van der Waals surface area contributed by atoms with Crippen LogP contribution >= 0.6 is 11.6 Å². The zero-order valence-corrected chi connectivity index (χ0v) is 18.8. The zero-order chi connectivity index (χ0) is 23.3. The fourth-order valence-corrected chi connectivity index (χ4v) is 4.28. The number of fused-ring (bicyclic) bond motifs is 2. The molecule has 0 fully saturated rings. The second kappa shape index (κ2) is 7.94. The Hall–Kier alpha value is -3.84. The molecule has 0 radical (unpaired) electrons. The number of hydrogen-bond acceptors (Lipinski definition) is 6. The van der Waals surface area contributed by atoms with E-state index in [0.717, 1.165) is 5.56 Å². The van der Waals surface area contributed by atoms with E-state index >= 15 is 0 Å². The number of nitrogens with zero attached hydrogens (tertiary/aromatic N) is 2. The zero-order valence-electron chi connectivity index (χ0n) is 18.1. The molecule has 3 heterocycles. The van der Waals surface area contributed by atoms with Crippen molar-refractivity contribution in [3.05, 3.63) is 92.4 Å². The molecular weight excluding hydrogens is 444 g/mol. The number of pyridine rings is 1. The number of amides is 1. The fraction of sp³-hybridized carbons (Fsp3) is 0.160. The quantitative estimate of drug-likeness (QED) is 0.428. The number of hydrogen-bond donors (Lipinski definition) is 0. The van der Waals surface area contributed by atoms with Gasteiger partial charge in [-0.15, -0.1) is 0 Å². The molecule has 1 atom stereocenters. The average Bonchev–Trinajstić information content (AvgIpc) is 3.12. The number of carbonyl (C=O) groups excluding carboxylic acids is 1. The highest BCUT2D eigenvalue weighted by Crippen LogP contribution is 2.42. The van der Waals surface area contributed by atoms with E-state index in [4.69, 9.17) is 25.5 Å². The molecule has 1 unspecified atom stereocenters. The molecule has 5 rings (SSSR count). The van der Waals surface area contributed by atoms with E-state index < -0.39 is 11.9 Å². The number of anilines is 1. The predicted octanol–water partition coefficient (Wildman–Crippen LogP) is 4.92. The van der Waals surface area contributed by atoms with Crippen molar-refractivity contribution in [2.24, 2.45) is 0 Å². The Labute approximate surface area is 194 Å². The molecule has 2 aromatic carbocycles. The van der Waals surface area contributed by atoms with Crippen molar-refractivity contribution in [2.75, 3.05) is 19.1 Å². The molecule has 0 bridgehead atoms. The normalized spacial score (nSPS) is 15.1. The summed E-state index contributed by atoms with van der Waals surface area (Å²) in [6, 6.07) is 13.1. The van der Waals surface area contributed by atoms with Crippen molar-refractivity contribution in [3.8, 4) is 11.5 Å². The van der Waals surface area contributed by atoms with Crippen LogP contribution in [0.4, 0.5) is 5.82 Å². The SMILES string of the molecule is COc1ccc(C2c3c(oc4ccc(C)cc4c3=O)C(=O)N2c2ccc(Cl)cn2)cc1OC. The number of ether oxygens (including phenoxy) is 2. The van der Waals surface area contributed by atoms with Crippen LogP contribution in [0.25, 0.3) is 11.0 Å². The Morgan fingerprint density at radius 1 is 1.00 bits per heavy atom. The first-order chi connectivity index (χ1) is 15.9. The molecule has 0 aliphatic carbocycles. The first-order valence-corrected chi connectivity index (χ1v) is 10.5. The van der Waals surface area contributed by atoms with Gasteiger partial charge < -0.3 is 13.9 Å².